The molecule has 2 heterocycles. The first-order valence-corrected chi connectivity index (χ1v) is 7.93. The number of β-amino-alcohol motifs (C(OH)–C–C–N with tert-alkyl or cyclic N) is 1. The summed E-state index contributed by atoms with van der Waals surface area (Å²) in [6, 6.07) is 6.36. The molecule has 128 valence electrons. The van der Waals surface area contributed by atoms with Crippen molar-refractivity contribution in [3.63, 3.8) is 0 Å². The molecule has 7 heteroatoms. The van der Waals surface area contributed by atoms with E-state index >= 15 is 0 Å². The molecule has 0 bridgehead atoms. The number of nitrogens with zero attached hydrogens (tertiary/aromatic N) is 4. The summed E-state index contributed by atoms with van der Waals surface area (Å²) in [6.45, 7) is 3.67. The average molecular weight is 332 g/mol. The normalized spacial score (nSPS) is 16.9. The first kappa shape index (κ1) is 16.6. The van der Waals surface area contributed by atoms with E-state index in [1.165, 1.54) is 13.2 Å². The van der Waals surface area contributed by atoms with E-state index < -0.39 is 11.9 Å². The third-order valence-electron chi connectivity index (χ3n) is 4.20. The van der Waals surface area contributed by atoms with E-state index in [0.717, 1.165) is 32.1 Å². The summed E-state index contributed by atoms with van der Waals surface area (Å²) in [5.41, 5.74) is 0.558. The lowest BCUT2D eigenvalue weighted by atomic mass is 10.1. The van der Waals surface area contributed by atoms with E-state index in [9.17, 15) is 9.50 Å². The van der Waals surface area contributed by atoms with Crippen molar-refractivity contribution >= 4 is 5.95 Å². The highest BCUT2D eigenvalue weighted by atomic mass is 19.1. The van der Waals surface area contributed by atoms with Gasteiger partial charge in [-0.25, -0.2) is 14.4 Å². The zero-order valence-corrected chi connectivity index (χ0v) is 13.6. The first-order chi connectivity index (χ1) is 11.7. The molecule has 1 N–H and O–H groups in total. The molecular weight excluding hydrogens is 311 g/mol. The fourth-order valence-electron chi connectivity index (χ4n) is 2.82. The van der Waals surface area contributed by atoms with Crippen LogP contribution in [0.2, 0.25) is 0 Å². The van der Waals surface area contributed by atoms with Crippen molar-refractivity contribution in [1.29, 1.82) is 0 Å². The molecule has 1 aromatic heterocycles. The second kappa shape index (κ2) is 7.55. The molecule has 0 radical (unpaired) electrons. The summed E-state index contributed by atoms with van der Waals surface area (Å²) in [4.78, 5) is 12.8. The van der Waals surface area contributed by atoms with Crippen LogP contribution in [-0.2, 0) is 0 Å². The van der Waals surface area contributed by atoms with Gasteiger partial charge in [-0.05, 0) is 23.8 Å². The molecule has 0 saturated carbocycles. The number of hydrogen-bond donors (Lipinski definition) is 1. The van der Waals surface area contributed by atoms with E-state index in [2.05, 4.69) is 19.8 Å². The molecule has 0 spiro atoms. The first-order valence-electron chi connectivity index (χ1n) is 7.93. The van der Waals surface area contributed by atoms with Gasteiger partial charge in [0, 0.05) is 45.1 Å². The van der Waals surface area contributed by atoms with Crippen LogP contribution in [0, 0.1) is 5.82 Å². The van der Waals surface area contributed by atoms with Crippen LogP contribution in [0.5, 0.6) is 5.75 Å². The SMILES string of the molecule is COc1ccc([C@H](O)CN2CCN(c3ncccn3)CC2)cc1F. The molecule has 2 aromatic rings. The van der Waals surface area contributed by atoms with Crippen molar-refractivity contribution in [2.24, 2.45) is 0 Å². The lowest BCUT2D eigenvalue weighted by Crippen LogP contribution is -2.48. The quantitative estimate of drug-likeness (QED) is 0.895. The molecule has 1 saturated heterocycles. The molecule has 1 fully saturated rings. The standard InChI is InChI=1S/C17H21FN4O2/c1-24-16-4-3-13(11-14(16)18)15(23)12-21-7-9-22(10-8-21)17-19-5-2-6-20-17/h2-6,11,15,23H,7-10,12H2,1H3/t15-/m1/s1. The van der Waals surface area contributed by atoms with Crippen molar-refractivity contribution in [1.82, 2.24) is 14.9 Å². The van der Waals surface area contributed by atoms with Crippen molar-refractivity contribution in [3.05, 3.63) is 48.0 Å². The van der Waals surface area contributed by atoms with Crippen LogP contribution in [0.4, 0.5) is 10.3 Å². The third-order valence-corrected chi connectivity index (χ3v) is 4.20. The Balaban J connectivity index is 1.55. The van der Waals surface area contributed by atoms with Crippen molar-refractivity contribution in [2.75, 3.05) is 44.7 Å². The third kappa shape index (κ3) is 3.80. The highest BCUT2D eigenvalue weighted by Gasteiger charge is 2.21. The molecule has 1 atom stereocenters. The summed E-state index contributed by atoms with van der Waals surface area (Å²) in [5.74, 6) is 0.456. The van der Waals surface area contributed by atoms with Gasteiger partial charge in [0.05, 0.1) is 13.2 Å². The van der Waals surface area contributed by atoms with Gasteiger partial charge in [-0.1, -0.05) is 6.07 Å². The van der Waals surface area contributed by atoms with Crippen molar-refractivity contribution < 1.29 is 14.2 Å². The van der Waals surface area contributed by atoms with Crippen molar-refractivity contribution in [3.8, 4) is 5.75 Å². The van der Waals surface area contributed by atoms with Gasteiger partial charge in [0.1, 0.15) is 0 Å². The second-order valence-corrected chi connectivity index (χ2v) is 5.75. The van der Waals surface area contributed by atoms with Crippen LogP contribution in [0.25, 0.3) is 0 Å². The number of ether oxygens (including phenoxy) is 1. The van der Waals surface area contributed by atoms with Gasteiger partial charge in [-0.2, -0.15) is 0 Å². The predicted molar refractivity (Wildman–Crippen MR) is 88.6 cm³/mol. The number of aromatic nitrogens is 2. The molecule has 6 nitrogen and oxygen atoms in total. The fourth-order valence-corrected chi connectivity index (χ4v) is 2.82. The van der Waals surface area contributed by atoms with Gasteiger partial charge in [0.15, 0.2) is 11.6 Å². The monoisotopic (exact) mass is 332 g/mol. The van der Waals surface area contributed by atoms with Crippen LogP contribution < -0.4 is 9.64 Å². The van der Waals surface area contributed by atoms with Crippen LogP contribution in [-0.4, -0.2) is 59.8 Å². The summed E-state index contributed by atoms with van der Waals surface area (Å²) in [7, 11) is 1.42. The number of piperazine rings is 1. The number of hydrogen-bond acceptors (Lipinski definition) is 6. The minimum absolute atomic E-state index is 0.183. The molecule has 3 rings (SSSR count). The van der Waals surface area contributed by atoms with Gasteiger partial charge >= 0.3 is 0 Å². The molecule has 1 aliphatic rings. The molecule has 0 amide bonds. The Kier molecular flexibility index (Phi) is 5.22. The van der Waals surface area contributed by atoms with Crippen LogP contribution in [0.1, 0.15) is 11.7 Å². The zero-order chi connectivity index (χ0) is 16.9. The highest BCUT2D eigenvalue weighted by Crippen LogP contribution is 2.23. The van der Waals surface area contributed by atoms with E-state index in [0.29, 0.717) is 12.1 Å². The highest BCUT2D eigenvalue weighted by molar-refractivity contribution is 5.31. The van der Waals surface area contributed by atoms with Gasteiger partial charge in [0.2, 0.25) is 5.95 Å². The Morgan fingerprint density at radius 2 is 1.92 bits per heavy atom. The van der Waals surface area contributed by atoms with E-state index in [4.69, 9.17) is 4.74 Å². The van der Waals surface area contributed by atoms with Gasteiger partial charge in [-0.3, -0.25) is 4.90 Å². The molecule has 0 unspecified atom stereocenters. The smallest absolute Gasteiger partial charge is 0.225 e. The van der Waals surface area contributed by atoms with Gasteiger partial charge < -0.3 is 14.7 Å². The second-order valence-electron chi connectivity index (χ2n) is 5.75. The Morgan fingerprint density at radius 3 is 2.54 bits per heavy atom. The molecule has 24 heavy (non-hydrogen) atoms. The van der Waals surface area contributed by atoms with Crippen molar-refractivity contribution in [2.45, 2.75) is 6.10 Å². The average Bonchev–Trinajstić information content (AvgIpc) is 2.63. The summed E-state index contributed by atoms with van der Waals surface area (Å²) in [5, 5.41) is 10.4. The molecule has 0 aliphatic carbocycles. The molecule has 1 aliphatic heterocycles. The Hall–Kier alpha value is -2.25. The minimum Gasteiger partial charge on any atom is -0.494 e. The lowest BCUT2D eigenvalue weighted by molar-refractivity contribution is 0.109. The largest absolute Gasteiger partial charge is 0.494 e. The van der Waals surface area contributed by atoms with Gasteiger partial charge in [0.25, 0.3) is 0 Å². The predicted octanol–water partition coefficient (Wildman–Crippen LogP) is 1.48. The maximum absolute atomic E-state index is 13.8. The minimum atomic E-state index is -0.732. The maximum Gasteiger partial charge on any atom is 0.225 e. The Labute approximate surface area is 140 Å². The number of aliphatic hydroxyl groups is 1. The van der Waals surface area contributed by atoms with E-state index in [-0.39, 0.29) is 5.75 Å². The summed E-state index contributed by atoms with van der Waals surface area (Å²) in [6.07, 6.45) is 2.73. The number of rotatable bonds is 5. The maximum atomic E-state index is 13.8. The van der Waals surface area contributed by atoms with Crippen LogP contribution >= 0.6 is 0 Å². The Bertz CT molecular complexity index is 663. The number of anilines is 1. The van der Waals surface area contributed by atoms with Crippen LogP contribution in [0.15, 0.2) is 36.7 Å². The fraction of sp³-hybridized carbons (Fsp3) is 0.412. The summed E-state index contributed by atoms with van der Waals surface area (Å²) >= 11 is 0. The zero-order valence-electron chi connectivity index (χ0n) is 13.6. The number of benzene rings is 1. The number of halogens is 1. The molecule has 1 aromatic carbocycles. The van der Waals surface area contributed by atoms with Crippen LogP contribution in [0.3, 0.4) is 0 Å². The molecular formula is C17H21FN4O2. The topological polar surface area (TPSA) is 61.7 Å². The number of methoxy groups -OCH3 is 1. The number of aliphatic hydroxyl groups excluding tert-OH is 1. The lowest BCUT2D eigenvalue weighted by Gasteiger charge is -2.35. The van der Waals surface area contributed by atoms with E-state index in [1.54, 1.807) is 30.6 Å². The van der Waals surface area contributed by atoms with Gasteiger partial charge in [-0.15, -0.1) is 0 Å². The van der Waals surface area contributed by atoms with E-state index in [1.807, 2.05) is 0 Å². The Morgan fingerprint density at radius 1 is 1.21 bits per heavy atom. The summed E-state index contributed by atoms with van der Waals surface area (Å²) < 4.78 is 18.7.